The van der Waals surface area contributed by atoms with Crippen molar-refractivity contribution in [3.8, 4) is 12.1 Å². The molecule has 6 nitrogen and oxygen atoms in total. The van der Waals surface area contributed by atoms with Crippen LogP contribution in [0.4, 0.5) is 0 Å². The van der Waals surface area contributed by atoms with Gasteiger partial charge in [0.05, 0.1) is 24.4 Å². The molecule has 0 amide bonds. The largest absolute Gasteiger partial charge is 0.464 e. The average Bonchev–Trinajstić information content (AvgIpc) is 3.06. The fourth-order valence-electron chi connectivity index (χ4n) is 3.41. The molecule has 0 spiro atoms. The molecule has 1 fully saturated rings. The first kappa shape index (κ1) is 19.1. The molecule has 0 atom stereocenters. The summed E-state index contributed by atoms with van der Waals surface area (Å²) in [4.78, 5) is 19.5. The Morgan fingerprint density at radius 3 is 2.56 bits per heavy atom. The third-order valence-corrected chi connectivity index (χ3v) is 5.28. The van der Waals surface area contributed by atoms with Crippen LogP contribution in [0.3, 0.4) is 0 Å². The number of carbonyl (C=O) groups is 1. The number of carbonyl (C=O) groups excluding carboxylic acids is 1. The highest BCUT2D eigenvalue weighted by atomic mass is 16.5. The molecule has 0 saturated carbocycles. The summed E-state index contributed by atoms with van der Waals surface area (Å²) < 4.78 is 7.61. The van der Waals surface area contributed by atoms with Gasteiger partial charge in [0.2, 0.25) is 5.78 Å². The van der Waals surface area contributed by atoms with E-state index in [4.69, 9.17) is 10.00 Å². The van der Waals surface area contributed by atoms with Crippen molar-refractivity contribution < 1.29 is 9.53 Å². The van der Waals surface area contributed by atoms with Gasteiger partial charge in [-0.05, 0) is 70.0 Å². The monoisotopic (exact) mass is 366 g/mol. The number of rotatable bonds is 6. The number of piperidine rings is 1. The van der Waals surface area contributed by atoms with Crippen molar-refractivity contribution in [2.24, 2.45) is 13.0 Å². The predicted molar refractivity (Wildman–Crippen MR) is 103 cm³/mol. The molecular formula is C21H26N4O2. The van der Waals surface area contributed by atoms with Crippen LogP contribution < -0.4 is 4.74 Å². The Morgan fingerprint density at radius 1 is 1.30 bits per heavy atom. The molecule has 0 bridgehead atoms. The first-order valence-electron chi connectivity index (χ1n) is 9.43. The first-order chi connectivity index (χ1) is 13.0. The minimum absolute atomic E-state index is 0.130. The smallest absolute Gasteiger partial charge is 0.296 e. The van der Waals surface area contributed by atoms with Crippen LogP contribution in [0.5, 0.6) is 6.01 Å². The van der Waals surface area contributed by atoms with Crippen LogP contribution in [-0.2, 0) is 7.05 Å². The quantitative estimate of drug-likeness (QED) is 0.735. The van der Waals surface area contributed by atoms with E-state index >= 15 is 0 Å². The van der Waals surface area contributed by atoms with E-state index in [1.807, 2.05) is 0 Å². The first-order valence-corrected chi connectivity index (χ1v) is 9.43. The van der Waals surface area contributed by atoms with E-state index in [0.717, 1.165) is 25.9 Å². The van der Waals surface area contributed by atoms with E-state index in [-0.39, 0.29) is 5.78 Å². The second kappa shape index (κ2) is 8.36. The number of nitriles is 1. The Bertz CT molecular complexity index is 825. The van der Waals surface area contributed by atoms with Crippen molar-refractivity contribution in [1.29, 1.82) is 5.26 Å². The van der Waals surface area contributed by atoms with Crippen molar-refractivity contribution in [1.82, 2.24) is 14.5 Å². The Morgan fingerprint density at radius 2 is 1.96 bits per heavy atom. The number of ether oxygens (including phenoxy) is 1. The SMILES string of the molecule is CC(C)N1CCC(COc2ncc(C(=O)c3ccc(C#N)cc3)n2C)CC1. The Hall–Kier alpha value is -2.65. The number of benzene rings is 1. The van der Waals surface area contributed by atoms with E-state index < -0.39 is 0 Å². The van der Waals surface area contributed by atoms with Gasteiger partial charge >= 0.3 is 0 Å². The van der Waals surface area contributed by atoms with E-state index in [0.29, 0.717) is 41.4 Å². The Balaban J connectivity index is 1.60. The summed E-state index contributed by atoms with van der Waals surface area (Å²) in [6.45, 7) is 7.30. The highest BCUT2D eigenvalue weighted by Gasteiger charge is 2.22. The van der Waals surface area contributed by atoms with Crippen LogP contribution in [-0.4, -0.2) is 46.0 Å². The highest BCUT2D eigenvalue weighted by Crippen LogP contribution is 2.21. The standard InChI is InChI=1S/C21H26N4O2/c1-15(2)25-10-8-17(9-11-25)14-27-21-23-13-19(24(21)3)20(26)18-6-4-16(12-22)5-7-18/h4-7,13,15,17H,8-11,14H2,1-3H3. The molecule has 1 aliphatic heterocycles. The molecular weight excluding hydrogens is 340 g/mol. The highest BCUT2D eigenvalue weighted by molar-refractivity contribution is 6.07. The molecule has 142 valence electrons. The minimum Gasteiger partial charge on any atom is -0.464 e. The fourth-order valence-corrected chi connectivity index (χ4v) is 3.41. The topological polar surface area (TPSA) is 71.2 Å². The van der Waals surface area contributed by atoms with Gasteiger partial charge in [-0.15, -0.1) is 0 Å². The van der Waals surface area contributed by atoms with E-state index in [2.05, 4.69) is 29.8 Å². The summed E-state index contributed by atoms with van der Waals surface area (Å²) in [6, 6.07) is 9.73. The maximum Gasteiger partial charge on any atom is 0.296 e. The minimum atomic E-state index is -0.130. The number of hydrogen-bond donors (Lipinski definition) is 0. The fraction of sp³-hybridized carbons (Fsp3) is 0.476. The number of aromatic nitrogens is 2. The summed E-state index contributed by atoms with van der Waals surface area (Å²) in [7, 11) is 1.79. The molecule has 0 aliphatic carbocycles. The molecule has 1 aromatic heterocycles. The molecule has 1 saturated heterocycles. The summed E-state index contributed by atoms with van der Waals surface area (Å²) in [5, 5.41) is 8.87. The van der Waals surface area contributed by atoms with Crippen LogP contribution in [0.2, 0.25) is 0 Å². The summed E-state index contributed by atoms with van der Waals surface area (Å²) in [6.07, 6.45) is 3.80. The number of hydrogen-bond acceptors (Lipinski definition) is 5. The van der Waals surface area contributed by atoms with Gasteiger partial charge in [-0.25, -0.2) is 4.98 Å². The second-order valence-corrected chi connectivity index (χ2v) is 7.39. The molecule has 6 heteroatoms. The molecule has 1 aliphatic rings. The van der Waals surface area contributed by atoms with Gasteiger partial charge in [0, 0.05) is 18.7 Å². The van der Waals surface area contributed by atoms with Gasteiger partial charge < -0.3 is 9.64 Å². The maximum absolute atomic E-state index is 12.7. The summed E-state index contributed by atoms with van der Waals surface area (Å²) in [5.74, 6) is 0.393. The van der Waals surface area contributed by atoms with Crippen molar-refractivity contribution >= 4 is 5.78 Å². The third kappa shape index (κ3) is 4.37. The zero-order valence-corrected chi connectivity index (χ0v) is 16.2. The summed E-state index contributed by atoms with van der Waals surface area (Å²) in [5.41, 5.74) is 1.54. The maximum atomic E-state index is 12.7. The van der Waals surface area contributed by atoms with E-state index in [9.17, 15) is 4.79 Å². The third-order valence-electron chi connectivity index (χ3n) is 5.28. The van der Waals surface area contributed by atoms with Gasteiger partial charge in [-0.3, -0.25) is 9.36 Å². The van der Waals surface area contributed by atoms with Crippen molar-refractivity contribution in [2.45, 2.75) is 32.7 Å². The van der Waals surface area contributed by atoms with Crippen LogP contribution in [0, 0.1) is 17.2 Å². The lowest BCUT2D eigenvalue weighted by Crippen LogP contribution is -2.39. The number of nitrogens with zero attached hydrogens (tertiary/aromatic N) is 4. The molecule has 1 aromatic carbocycles. The normalized spacial score (nSPS) is 15.7. The lowest BCUT2D eigenvalue weighted by molar-refractivity contribution is 0.102. The van der Waals surface area contributed by atoms with Gasteiger partial charge in [-0.1, -0.05) is 0 Å². The van der Waals surface area contributed by atoms with Crippen molar-refractivity contribution in [2.75, 3.05) is 19.7 Å². The Kier molecular flexibility index (Phi) is 5.92. The summed E-state index contributed by atoms with van der Waals surface area (Å²) >= 11 is 0. The van der Waals surface area contributed by atoms with Gasteiger partial charge in [0.15, 0.2) is 0 Å². The molecule has 0 unspecified atom stereocenters. The number of ketones is 1. The number of likely N-dealkylation sites (tertiary alicyclic amines) is 1. The molecule has 2 heterocycles. The molecule has 0 radical (unpaired) electrons. The van der Waals surface area contributed by atoms with Crippen molar-refractivity contribution in [3.63, 3.8) is 0 Å². The molecule has 0 N–H and O–H groups in total. The van der Waals surface area contributed by atoms with E-state index in [1.165, 1.54) is 0 Å². The Labute approximate surface area is 160 Å². The van der Waals surface area contributed by atoms with E-state index in [1.54, 1.807) is 42.1 Å². The van der Waals surface area contributed by atoms with Crippen LogP contribution >= 0.6 is 0 Å². The zero-order chi connectivity index (χ0) is 19.4. The molecule has 3 rings (SSSR count). The predicted octanol–water partition coefficient (Wildman–Crippen LogP) is 3.02. The van der Waals surface area contributed by atoms with Gasteiger partial charge in [0.1, 0.15) is 5.69 Å². The average molecular weight is 366 g/mol. The van der Waals surface area contributed by atoms with Gasteiger partial charge in [0.25, 0.3) is 6.01 Å². The van der Waals surface area contributed by atoms with Gasteiger partial charge in [-0.2, -0.15) is 5.26 Å². The van der Waals surface area contributed by atoms with Crippen LogP contribution in [0.25, 0.3) is 0 Å². The molecule has 2 aromatic rings. The van der Waals surface area contributed by atoms with Crippen LogP contribution in [0.15, 0.2) is 30.5 Å². The zero-order valence-electron chi connectivity index (χ0n) is 16.2. The number of imidazole rings is 1. The van der Waals surface area contributed by atoms with Crippen molar-refractivity contribution in [3.05, 3.63) is 47.3 Å². The molecule has 27 heavy (non-hydrogen) atoms. The lowest BCUT2D eigenvalue weighted by Gasteiger charge is -2.34. The second-order valence-electron chi connectivity index (χ2n) is 7.39. The van der Waals surface area contributed by atoms with Crippen LogP contribution in [0.1, 0.15) is 48.3 Å². The lowest BCUT2D eigenvalue weighted by atomic mass is 9.97.